The highest BCUT2D eigenvalue weighted by atomic mass is 16.5. The van der Waals surface area contributed by atoms with Crippen LogP contribution in [0.4, 0.5) is 0 Å². The lowest BCUT2D eigenvalue weighted by molar-refractivity contribution is -0.0948. The number of hydrogen-bond acceptors (Lipinski definition) is 3. The molecule has 1 rings (SSSR count). The first kappa shape index (κ1) is 12.9. The van der Waals surface area contributed by atoms with Crippen molar-refractivity contribution < 1.29 is 14.9 Å². The Morgan fingerprint density at radius 1 is 1.40 bits per heavy atom. The fourth-order valence-electron chi connectivity index (χ4n) is 2.11. The molecule has 1 aliphatic carbocycles. The Morgan fingerprint density at radius 3 is 2.27 bits per heavy atom. The molecular formula is C12H24O3. The van der Waals surface area contributed by atoms with Gasteiger partial charge in [-0.15, -0.1) is 0 Å². The second kappa shape index (κ2) is 4.04. The van der Waals surface area contributed by atoms with Gasteiger partial charge in [0.1, 0.15) is 0 Å². The van der Waals surface area contributed by atoms with Gasteiger partial charge in [-0.1, -0.05) is 6.92 Å². The fourth-order valence-corrected chi connectivity index (χ4v) is 2.11. The van der Waals surface area contributed by atoms with Crippen molar-refractivity contribution in [2.45, 2.75) is 58.3 Å². The van der Waals surface area contributed by atoms with E-state index in [1.165, 1.54) is 0 Å². The van der Waals surface area contributed by atoms with E-state index in [2.05, 4.69) is 0 Å². The van der Waals surface area contributed by atoms with Crippen molar-refractivity contribution in [3.8, 4) is 0 Å². The van der Waals surface area contributed by atoms with E-state index in [9.17, 15) is 10.2 Å². The molecule has 1 fully saturated rings. The molecule has 1 aliphatic rings. The van der Waals surface area contributed by atoms with Crippen LogP contribution in [-0.2, 0) is 4.74 Å². The zero-order valence-electron chi connectivity index (χ0n) is 10.4. The van der Waals surface area contributed by atoms with E-state index >= 15 is 0 Å². The zero-order chi connectivity index (χ0) is 11.9. The first-order valence-corrected chi connectivity index (χ1v) is 5.69. The molecule has 0 aromatic heterocycles. The lowest BCUT2D eigenvalue weighted by Crippen LogP contribution is -2.41. The summed E-state index contributed by atoms with van der Waals surface area (Å²) in [5.41, 5.74) is -1.15. The molecule has 2 N–H and O–H groups in total. The molecule has 1 saturated carbocycles. The number of hydrogen-bond donors (Lipinski definition) is 2. The molecule has 0 aliphatic heterocycles. The average Bonchev–Trinajstić information content (AvgIpc) is 2.25. The molecule has 0 heterocycles. The molecule has 3 nitrogen and oxygen atoms in total. The Morgan fingerprint density at radius 2 is 1.93 bits per heavy atom. The summed E-state index contributed by atoms with van der Waals surface area (Å²) in [4.78, 5) is 0. The minimum atomic E-state index is -0.966. The Bertz CT molecular complexity index is 217. The van der Waals surface area contributed by atoms with E-state index in [4.69, 9.17) is 4.74 Å². The van der Waals surface area contributed by atoms with Crippen molar-refractivity contribution in [3.05, 3.63) is 0 Å². The van der Waals surface area contributed by atoms with Gasteiger partial charge in [0.15, 0.2) is 0 Å². The first-order valence-electron chi connectivity index (χ1n) is 5.69. The van der Waals surface area contributed by atoms with Crippen LogP contribution in [-0.4, -0.2) is 34.1 Å². The summed E-state index contributed by atoms with van der Waals surface area (Å²) in [5.74, 6) is 0.176. The quantitative estimate of drug-likeness (QED) is 0.736. The first-order chi connectivity index (χ1) is 6.64. The molecule has 4 unspecified atom stereocenters. The molecule has 0 saturated heterocycles. The zero-order valence-corrected chi connectivity index (χ0v) is 10.4. The smallest absolute Gasteiger partial charge is 0.0906 e. The van der Waals surface area contributed by atoms with Gasteiger partial charge in [0.25, 0.3) is 0 Å². The van der Waals surface area contributed by atoms with Crippen molar-refractivity contribution in [3.63, 3.8) is 0 Å². The minimum Gasteiger partial charge on any atom is -0.390 e. The third-order valence-corrected chi connectivity index (χ3v) is 3.43. The van der Waals surface area contributed by atoms with E-state index < -0.39 is 11.7 Å². The van der Waals surface area contributed by atoms with Gasteiger partial charge in [-0.3, -0.25) is 0 Å². The van der Waals surface area contributed by atoms with Crippen molar-refractivity contribution in [1.29, 1.82) is 0 Å². The van der Waals surface area contributed by atoms with E-state index in [0.29, 0.717) is 6.61 Å². The summed E-state index contributed by atoms with van der Waals surface area (Å²) >= 11 is 0. The molecule has 15 heavy (non-hydrogen) atoms. The minimum absolute atomic E-state index is 0.0502. The largest absolute Gasteiger partial charge is 0.390 e. The van der Waals surface area contributed by atoms with Crippen LogP contribution >= 0.6 is 0 Å². The number of aliphatic hydroxyl groups is 2. The molecule has 3 heteroatoms. The number of ether oxygens (including phenoxy) is 1. The van der Waals surface area contributed by atoms with Gasteiger partial charge < -0.3 is 14.9 Å². The van der Waals surface area contributed by atoms with Gasteiger partial charge in [0.2, 0.25) is 0 Å². The number of aliphatic hydroxyl groups excluding tert-OH is 1. The van der Waals surface area contributed by atoms with Crippen molar-refractivity contribution in [2.24, 2.45) is 11.8 Å². The maximum atomic E-state index is 10.0. The maximum Gasteiger partial charge on any atom is 0.0906 e. The maximum absolute atomic E-state index is 10.0. The predicted molar refractivity (Wildman–Crippen MR) is 59.6 cm³/mol. The van der Waals surface area contributed by atoms with Crippen LogP contribution in [0.5, 0.6) is 0 Å². The SMILES string of the molecule is CC1CC(COC(C)(C)C)C(O)C1(C)O. The van der Waals surface area contributed by atoms with Gasteiger partial charge in [-0.25, -0.2) is 0 Å². The van der Waals surface area contributed by atoms with Crippen LogP contribution in [0.25, 0.3) is 0 Å². The van der Waals surface area contributed by atoms with E-state index in [1.54, 1.807) is 6.92 Å². The molecule has 0 spiro atoms. The Kier molecular flexibility index (Phi) is 3.49. The fraction of sp³-hybridized carbons (Fsp3) is 1.00. The standard InChI is InChI=1S/C12H24O3/c1-8-6-9(7-15-11(2,3)4)10(13)12(8,5)14/h8-10,13-14H,6-7H2,1-5H3. The van der Waals surface area contributed by atoms with E-state index in [0.717, 1.165) is 6.42 Å². The van der Waals surface area contributed by atoms with Crippen molar-refractivity contribution in [2.75, 3.05) is 6.61 Å². The van der Waals surface area contributed by atoms with Crippen molar-refractivity contribution in [1.82, 2.24) is 0 Å². The third-order valence-electron chi connectivity index (χ3n) is 3.43. The molecule has 0 aromatic carbocycles. The molecule has 90 valence electrons. The van der Waals surface area contributed by atoms with Crippen LogP contribution in [0.15, 0.2) is 0 Å². The van der Waals surface area contributed by atoms with Crippen LogP contribution in [0.2, 0.25) is 0 Å². The summed E-state index contributed by atoms with van der Waals surface area (Å²) in [6, 6.07) is 0. The Balaban J connectivity index is 2.53. The van der Waals surface area contributed by atoms with Crippen molar-refractivity contribution >= 4 is 0 Å². The summed E-state index contributed by atoms with van der Waals surface area (Å²) in [7, 11) is 0. The van der Waals surface area contributed by atoms with Gasteiger partial charge in [-0.2, -0.15) is 0 Å². The molecule has 0 amide bonds. The van der Waals surface area contributed by atoms with Crippen LogP contribution in [0.3, 0.4) is 0 Å². The van der Waals surface area contributed by atoms with Crippen LogP contribution < -0.4 is 0 Å². The lowest BCUT2D eigenvalue weighted by Gasteiger charge is -2.28. The lowest BCUT2D eigenvalue weighted by atomic mass is 9.93. The summed E-state index contributed by atoms with van der Waals surface area (Å²) < 4.78 is 5.65. The highest BCUT2D eigenvalue weighted by Crippen LogP contribution is 2.39. The molecule has 0 radical (unpaired) electrons. The summed E-state index contributed by atoms with van der Waals surface area (Å²) in [6.07, 6.45) is 0.152. The highest BCUT2D eigenvalue weighted by molar-refractivity contribution is 4.98. The third kappa shape index (κ3) is 2.92. The van der Waals surface area contributed by atoms with Gasteiger partial charge >= 0.3 is 0 Å². The Hall–Kier alpha value is -0.120. The summed E-state index contributed by atoms with van der Waals surface area (Å²) in [5, 5.41) is 20.0. The summed E-state index contributed by atoms with van der Waals surface area (Å²) in [6.45, 7) is 10.2. The van der Waals surface area contributed by atoms with Crippen LogP contribution in [0, 0.1) is 11.8 Å². The van der Waals surface area contributed by atoms with Crippen LogP contribution in [0.1, 0.15) is 41.0 Å². The van der Waals surface area contributed by atoms with E-state index in [1.807, 2.05) is 27.7 Å². The highest BCUT2D eigenvalue weighted by Gasteiger charge is 2.48. The molecular weight excluding hydrogens is 192 g/mol. The predicted octanol–water partition coefficient (Wildman–Crippen LogP) is 1.57. The number of rotatable bonds is 2. The van der Waals surface area contributed by atoms with Gasteiger partial charge in [-0.05, 0) is 40.0 Å². The molecule has 0 aromatic rings. The topological polar surface area (TPSA) is 49.7 Å². The molecule has 0 bridgehead atoms. The Labute approximate surface area is 92.4 Å². The monoisotopic (exact) mass is 216 g/mol. The van der Waals surface area contributed by atoms with E-state index in [-0.39, 0.29) is 17.4 Å². The average molecular weight is 216 g/mol. The molecule has 4 atom stereocenters. The van der Waals surface area contributed by atoms with Gasteiger partial charge in [0.05, 0.1) is 23.9 Å². The second-order valence-electron chi connectivity index (χ2n) is 5.99. The van der Waals surface area contributed by atoms with Gasteiger partial charge in [0, 0.05) is 5.92 Å². The normalized spacial score (nSPS) is 42.2. The second-order valence-corrected chi connectivity index (χ2v) is 5.99.